The smallest absolute Gasteiger partial charge is 0.123 e. The molecule has 112 valence electrons. The molecule has 0 aliphatic carbocycles. The van der Waals surface area contributed by atoms with Crippen LogP contribution in [0.4, 0.5) is 4.39 Å². The molecule has 0 saturated heterocycles. The Hall–Kier alpha value is -0.550. The van der Waals surface area contributed by atoms with Gasteiger partial charge in [-0.25, -0.2) is 4.39 Å². The van der Waals surface area contributed by atoms with Gasteiger partial charge < -0.3 is 5.32 Å². The molecule has 0 aliphatic rings. The van der Waals surface area contributed by atoms with Crippen molar-refractivity contribution in [2.24, 2.45) is 0 Å². The van der Waals surface area contributed by atoms with Gasteiger partial charge in [-0.1, -0.05) is 34.5 Å². The number of nitrogens with one attached hydrogen (secondary N) is 1. The van der Waals surface area contributed by atoms with Gasteiger partial charge in [0.15, 0.2) is 0 Å². The van der Waals surface area contributed by atoms with Crippen molar-refractivity contribution in [3.8, 4) is 0 Å². The average molecular weight is 389 g/mol. The number of benzene rings is 2. The lowest BCUT2D eigenvalue weighted by Gasteiger charge is -2.19. The van der Waals surface area contributed by atoms with Crippen LogP contribution in [0.3, 0.4) is 0 Å². The molecule has 0 amide bonds. The molecule has 0 heterocycles. The molecule has 2 rings (SSSR count). The second-order valence-electron chi connectivity index (χ2n) is 4.54. The first kappa shape index (κ1) is 16.8. The topological polar surface area (TPSA) is 12.0 Å². The Labute approximate surface area is 142 Å². The van der Waals surface area contributed by atoms with E-state index in [4.69, 9.17) is 11.6 Å². The van der Waals surface area contributed by atoms with Gasteiger partial charge in [0, 0.05) is 26.2 Å². The number of hydrogen-bond donors (Lipinski definition) is 1. The molecule has 1 unspecified atom stereocenters. The molecule has 0 radical (unpaired) electrons. The van der Waals surface area contributed by atoms with E-state index in [1.54, 1.807) is 17.8 Å². The first-order valence-electron chi connectivity index (χ1n) is 6.67. The third-order valence-corrected chi connectivity index (χ3v) is 4.99. The van der Waals surface area contributed by atoms with Gasteiger partial charge in [-0.3, -0.25) is 0 Å². The van der Waals surface area contributed by atoms with Gasteiger partial charge >= 0.3 is 0 Å². The Morgan fingerprint density at radius 3 is 2.62 bits per heavy atom. The average Bonchev–Trinajstić information content (AvgIpc) is 2.48. The lowest BCUT2D eigenvalue weighted by atomic mass is 10.1. The molecular formula is C16H16BrClFNS. The zero-order valence-electron chi connectivity index (χ0n) is 11.6. The third-order valence-electron chi connectivity index (χ3n) is 3.01. The van der Waals surface area contributed by atoms with Crippen LogP contribution in [0.1, 0.15) is 18.5 Å². The van der Waals surface area contributed by atoms with Crippen LogP contribution in [0.15, 0.2) is 51.8 Å². The Balaban J connectivity index is 2.11. The van der Waals surface area contributed by atoms with Gasteiger partial charge in [-0.2, -0.15) is 0 Å². The van der Waals surface area contributed by atoms with Gasteiger partial charge in [-0.05, 0) is 54.6 Å². The van der Waals surface area contributed by atoms with E-state index in [1.165, 1.54) is 17.0 Å². The predicted molar refractivity (Wildman–Crippen MR) is 92.7 cm³/mol. The van der Waals surface area contributed by atoms with Gasteiger partial charge in [0.1, 0.15) is 5.82 Å². The fraction of sp³-hybridized carbons (Fsp3) is 0.250. The zero-order valence-corrected chi connectivity index (χ0v) is 14.7. The molecule has 21 heavy (non-hydrogen) atoms. The molecule has 0 aromatic heterocycles. The highest BCUT2D eigenvalue weighted by atomic mass is 79.9. The van der Waals surface area contributed by atoms with Crippen LogP contribution in [0.2, 0.25) is 5.02 Å². The van der Waals surface area contributed by atoms with E-state index >= 15 is 0 Å². The SMILES string of the molecule is CCNC(CSc1ccc(Br)cc1)c1cc(F)ccc1Cl. The number of halogens is 3. The highest BCUT2D eigenvalue weighted by Crippen LogP contribution is 2.30. The molecular weight excluding hydrogens is 373 g/mol. The summed E-state index contributed by atoms with van der Waals surface area (Å²) >= 11 is 11.4. The summed E-state index contributed by atoms with van der Waals surface area (Å²) in [5.41, 5.74) is 0.808. The molecule has 2 aromatic rings. The van der Waals surface area contributed by atoms with Crippen molar-refractivity contribution >= 4 is 39.3 Å². The quantitative estimate of drug-likeness (QED) is 0.638. The summed E-state index contributed by atoms with van der Waals surface area (Å²) in [6.45, 7) is 2.84. The monoisotopic (exact) mass is 387 g/mol. The summed E-state index contributed by atoms with van der Waals surface area (Å²) in [7, 11) is 0. The van der Waals surface area contributed by atoms with Gasteiger partial charge in [0.2, 0.25) is 0 Å². The Kier molecular flexibility index (Phi) is 6.55. The molecule has 0 aliphatic heterocycles. The molecule has 0 spiro atoms. The maximum atomic E-state index is 13.5. The van der Waals surface area contributed by atoms with E-state index in [9.17, 15) is 4.39 Å². The van der Waals surface area contributed by atoms with Crippen molar-refractivity contribution in [3.05, 3.63) is 63.3 Å². The minimum Gasteiger partial charge on any atom is -0.309 e. The van der Waals surface area contributed by atoms with E-state index < -0.39 is 0 Å². The summed E-state index contributed by atoms with van der Waals surface area (Å²) in [6.07, 6.45) is 0. The summed E-state index contributed by atoms with van der Waals surface area (Å²) < 4.78 is 14.5. The maximum absolute atomic E-state index is 13.5. The molecule has 1 nitrogen and oxygen atoms in total. The molecule has 1 N–H and O–H groups in total. The van der Waals surface area contributed by atoms with Crippen molar-refractivity contribution in [2.45, 2.75) is 17.9 Å². The van der Waals surface area contributed by atoms with Gasteiger partial charge in [0.25, 0.3) is 0 Å². The summed E-state index contributed by atoms with van der Waals surface area (Å²) in [6, 6.07) is 12.7. The van der Waals surface area contributed by atoms with Crippen LogP contribution in [0.5, 0.6) is 0 Å². The molecule has 1 atom stereocenters. The van der Waals surface area contributed by atoms with Crippen LogP contribution in [-0.4, -0.2) is 12.3 Å². The van der Waals surface area contributed by atoms with E-state index in [0.717, 1.165) is 22.3 Å². The second kappa shape index (κ2) is 8.18. The van der Waals surface area contributed by atoms with Crippen molar-refractivity contribution in [3.63, 3.8) is 0 Å². The van der Waals surface area contributed by atoms with Gasteiger partial charge in [0.05, 0.1) is 0 Å². The van der Waals surface area contributed by atoms with Crippen molar-refractivity contribution in [1.82, 2.24) is 5.32 Å². The molecule has 0 bridgehead atoms. The molecule has 0 saturated carbocycles. The van der Waals surface area contributed by atoms with Crippen LogP contribution in [-0.2, 0) is 0 Å². The highest BCUT2D eigenvalue weighted by Gasteiger charge is 2.15. The predicted octanol–water partition coefficient (Wildman–Crippen LogP) is 5.68. The van der Waals surface area contributed by atoms with Crippen LogP contribution >= 0.6 is 39.3 Å². The summed E-state index contributed by atoms with van der Waals surface area (Å²) in [5, 5.41) is 3.96. The van der Waals surface area contributed by atoms with Crippen molar-refractivity contribution in [1.29, 1.82) is 0 Å². The fourth-order valence-electron chi connectivity index (χ4n) is 2.00. The fourth-order valence-corrected chi connectivity index (χ4v) is 3.50. The van der Waals surface area contributed by atoms with E-state index in [2.05, 4.69) is 33.4 Å². The summed E-state index contributed by atoms with van der Waals surface area (Å²) in [5.74, 6) is 0.532. The van der Waals surface area contributed by atoms with Crippen molar-refractivity contribution < 1.29 is 4.39 Å². The molecule has 0 fully saturated rings. The minimum atomic E-state index is -0.258. The first-order valence-corrected chi connectivity index (χ1v) is 8.82. The van der Waals surface area contributed by atoms with Crippen LogP contribution < -0.4 is 5.32 Å². The molecule has 5 heteroatoms. The maximum Gasteiger partial charge on any atom is 0.123 e. The van der Waals surface area contributed by atoms with E-state index in [0.29, 0.717) is 5.02 Å². The van der Waals surface area contributed by atoms with Crippen LogP contribution in [0.25, 0.3) is 0 Å². The second-order valence-corrected chi connectivity index (χ2v) is 6.96. The standard InChI is InChI=1S/C16H16BrClFNS/c1-2-20-16(14-9-12(19)5-8-15(14)18)10-21-13-6-3-11(17)4-7-13/h3-9,16,20H,2,10H2,1H3. The number of rotatable bonds is 6. The Morgan fingerprint density at radius 1 is 1.24 bits per heavy atom. The van der Waals surface area contributed by atoms with Crippen molar-refractivity contribution in [2.75, 3.05) is 12.3 Å². The lowest BCUT2D eigenvalue weighted by molar-refractivity contribution is 0.589. The van der Waals surface area contributed by atoms with E-state index in [1.807, 2.05) is 19.1 Å². The number of thioether (sulfide) groups is 1. The summed E-state index contributed by atoms with van der Waals surface area (Å²) in [4.78, 5) is 1.17. The Morgan fingerprint density at radius 2 is 1.95 bits per heavy atom. The highest BCUT2D eigenvalue weighted by molar-refractivity contribution is 9.10. The normalized spacial score (nSPS) is 12.4. The lowest BCUT2D eigenvalue weighted by Crippen LogP contribution is -2.23. The number of hydrogen-bond acceptors (Lipinski definition) is 2. The van der Waals surface area contributed by atoms with Crippen LogP contribution in [0, 0.1) is 5.82 Å². The van der Waals surface area contributed by atoms with Gasteiger partial charge in [-0.15, -0.1) is 11.8 Å². The van der Waals surface area contributed by atoms with E-state index in [-0.39, 0.29) is 11.9 Å². The third kappa shape index (κ3) is 4.99. The zero-order chi connectivity index (χ0) is 15.2. The Bertz CT molecular complexity index is 591. The first-order chi connectivity index (χ1) is 10.1. The minimum absolute atomic E-state index is 0.0202. The largest absolute Gasteiger partial charge is 0.309 e. The molecule has 2 aromatic carbocycles.